The molecular formula is C12H14ClFO3. The molecular weight excluding hydrogens is 247 g/mol. The van der Waals surface area contributed by atoms with E-state index in [1.54, 1.807) is 6.92 Å². The summed E-state index contributed by atoms with van der Waals surface area (Å²) in [5.41, 5.74) is 0.138. The number of benzene rings is 1. The van der Waals surface area contributed by atoms with Gasteiger partial charge in [-0.25, -0.2) is 4.39 Å². The molecule has 1 rings (SSSR count). The van der Waals surface area contributed by atoms with E-state index >= 15 is 0 Å². The van der Waals surface area contributed by atoms with Crippen molar-refractivity contribution in [3.05, 3.63) is 34.6 Å². The quantitative estimate of drug-likeness (QED) is 0.828. The van der Waals surface area contributed by atoms with Crippen LogP contribution in [0.4, 0.5) is 4.39 Å². The number of carbonyl (C=O) groups is 1. The summed E-state index contributed by atoms with van der Waals surface area (Å²) in [6.45, 7) is 2.00. The molecule has 17 heavy (non-hydrogen) atoms. The van der Waals surface area contributed by atoms with Gasteiger partial charge >= 0.3 is 5.97 Å². The summed E-state index contributed by atoms with van der Waals surface area (Å²) < 4.78 is 18.1. The minimum absolute atomic E-state index is 0.0527. The van der Waals surface area contributed by atoms with Crippen LogP contribution in [-0.4, -0.2) is 17.7 Å². The van der Waals surface area contributed by atoms with Crippen LogP contribution in [0.15, 0.2) is 18.2 Å². The zero-order valence-corrected chi connectivity index (χ0v) is 10.2. The number of aliphatic hydroxyl groups excluding tert-OH is 1. The predicted molar refractivity (Wildman–Crippen MR) is 62.2 cm³/mol. The maximum atomic E-state index is 13.4. The lowest BCUT2D eigenvalue weighted by atomic mass is 10.0. The van der Waals surface area contributed by atoms with Gasteiger partial charge in [0.2, 0.25) is 0 Å². The second-order valence-electron chi connectivity index (χ2n) is 3.53. The van der Waals surface area contributed by atoms with Gasteiger partial charge < -0.3 is 9.84 Å². The van der Waals surface area contributed by atoms with Crippen molar-refractivity contribution in [2.24, 2.45) is 0 Å². The summed E-state index contributed by atoms with van der Waals surface area (Å²) in [6, 6.07) is 4.03. The normalized spacial score (nSPS) is 12.2. The maximum Gasteiger partial charge on any atom is 0.305 e. The lowest BCUT2D eigenvalue weighted by molar-refractivity contribution is -0.143. The Morgan fingerprint density at radius 3 is 2.88 bits per heavy atom. The maximum absolute atomic E-state index is 13.4. The molecule has 5 heteroatoms. The van der Waals surface area contributed by atoms with E-state index in [1.807, 2.05) is 0 Å². The van der Waals surface area contributed by atoms with Crippen molar-refractivity contribution < 1.29 is 19.0 Å². The third kappa shape index (κ3) is 4.32. The topological polar surface area (TPSA) is 46.5 Å². The fourth-order valence-corrected chi connectivity index (χ4v) is 1.57. The van der Waals surface area contributed by atoms with Crippen LogP contribution in [-0.2, 0) is 9.53 Å². The molecule has 0 spiro atoms. The van der Waals surface area contributed by atoms with E-state index in [1.165, 1.54) is 12.1 Å². The summed E-state index contributed by atoms with van der Waals surface area (Å²) in [7, 11) is 0. The van der Waals surface area contributed by atoms with Gasteiger partial charge in [0.15, 0.2) is 0 Å². The van der Waals surface area contributed by atoms with Crippen LogP contribution >= 0.6 is 11.6 Å². The summed E-state index contributed by atoms with van der Waals surface area (Å²) in [5, 5.41) is 9.99. The molecule has 0 radical (unpaired) electrons. The van der Waals surface area contributed by atoms with Crippen molar-refractivity contribution in [1.82, 2.24) is 0 Å². The van der Waals surface area contributed by atoms with E-state index in [0.717, 1.165) is 6.07 Å². The van der Waals surface area contributed by atoms with E-state index in [0.29, 0.717) is 6.61 Å². The molecule has 0 amide bonds. The zero-order chi connectivity index (χ0) is 12.8. The van der Waals surface area contributed by atoms with Crippen LogP contribution in [0, 0.1) is 5.82 Å². The Morgan fingerprint density at radius 2 is 2.29 bits per heavy atom. The lowest BCUT2D eigenvalue weighted by Crippen LogP contribution is -2.08. The van der Waals surface area contributed by atoms with Gasteiger partial charge in [-0.3, -0.25) is 4.79 Å². The second kappa shape index (κ2) is 6.57. The number of esters is 1. The average molecular weight is 261 g/mol. The molecule has 0 aliphatic rings. The minimum Gasteiger partial charge on any atom is -0.466 e. The van der Waals surface area contributed by atoms with Crippen LogP contribution in [0.3, 0.4) is 0 Å². The number of rotatable bonds is 5. The van der Waals surface area contributed by atoms with Gasteiger partial charge in [-0.1, -0.05) is 17.7 Å². The molecule has 0 aliphatic heterocycles. The second-order valence-corrected chi connectivity index (χ2v) is 3.96. The average Bonchev–Trinajstić information content (AvgIpc) is 2.26. The highest BCUT2D eigenvalue weighted by molar-refractivity contribution is 6.30. The molecule has 0 fully saturated rings. The summed E-state index contributed by atoms with van der Waals surface area (Å²) in [5.74, 6) is -0.977. The minimum atomic E-state index is -1.03. The van der Waals surface area contributed by atoms with Crippen LogP contribution in [0.1, 0.15) is 31.4 Å². The number of carbonyl (C=O) groups excluding carboxylic acids is 1. The Morgan fingerprint density at radius 1 is 1.59 bits per heavy atom. The first-order valence-electron chi connectivity index (χ1n) is 5.33. The first-order chi connectivity index (χ1) is 8.04. The van der Waals surface area contributed by atoms with E-state index in [2.05, 4.69) is 0 Å². The Kier molecular flexibility index (Phi) is 5.38. The Balaban J connectivity index is 2.57. The van der Waals surface area contributed by atoms with E-state index in [4.69, 9.17) is 16.3 Å². The zero-order valence-electron chi connectivity index (χ0n) is 9.45. The predicted octanol–water partition coefficient (Wildman–Crippen LogP) is 2.86. The molecule has 0 heterocycles. The van der Waals surface area contributed by atoms with Crippen molar-refractivity contribution >= 4 is 17.6 Å². The molecule has 0 saturated heterocycles. The number of hydrogen-bond donors (Lipinski definition) is 1. The largest absolute Gasteiger partial charge is 0.466 e. The lowest BCUT2D eigenvalue weighted by Gasteiger charge is -2.11. The van der Waals surface area contributed by atoms with Gasteiger partial charge in [0, 0.05) is 17.0 Å². The number of aliphatic hydroxyl groups is 1. The highest BCUT2D eigenvalue weighted by atomic mass is 35.5. The monoisotopic (exact) mass is 260 g/mol. The smallest absolute Gasteiger partial charge is 0.305 e. The summed E-state index contributed by atoms with van der Waals surface area (Å²) in [4.78, 5) is 11.1. The molecule has 1 N–H and O–H groups in total. The van der Waals surface area contributed by atoms with Crippen molar-refractivity contribution in [3.8, 4) is 0 Å². The molecule has 0 aromatic heterocycles. The highest BCUT2D eigenvalue weighted by Gasteiger charge is 2.15. The first-order valence-corrected chi connectivity index (χ1v) is 5.71. The fraction of sp³-hybridized carbons (Fsp3) is 0.417. The van der Waals surface area contributed by atoms with Crippen molar-refractivity contribution in [1.29, 1.82) is 0 Å². The Bertz CT molecular complexity index is 395. The number of halogens is 2. The van der Waals surface area contributed by atoms with Gasteiger partial charge in [-0.05, 0) is 25.5 Å². The van der Waals surface area contributed by atoms with E-state index < -0.39 is 17.9 Å². The van der Waals surface area contributed by atoms with Gasteiger partial charge in [0.05, 0.1) is 12.7 Å². The third-order valence-corrected chi connectivity index (χ3v) is 2.48. The van der Waals surface area contributed by atoms with Gasteiger partial charge in [0.1, 0.15) is 5.82 Å². The molecule has 1 atom stereocenters. The first kappa shape index (κ1) is 13.9. The molecule has 94 valence electrons. The van der Waals surface area contributed by atoms with Crippen molar-refractivity contribution in [2.75, 3.05) is 6.61 Å². The molecule has 3 nitrogen and oxygen atoms in total. The molecule has 0 bridgehead atoms. The van der Waals surface area contributed by atoms with Crippen LogP contribution in [0.5, 0.6) is 0 Å². The molecule has 1 aromatic rings. The van der Waals surface area contributed by atoms with Crippen molar-refractivity contribution in [3.63, 3.8) is 0 Å². The van der Waals surface area contributed by atoms with Gasteiger partial charge in [-0.15, -0.1) is 0 Å². The van der Waals surface area contributed by atoms with Crippen LogP contribution in [0.25, 0.3) is 0 Å². The molecule has 0 saturated carbocycles. The van der Waals surface area contributed by atoms with Gasteiger partial charge in [0.25, 0.3) is 0 Å². The number of hydrogen-bond acceptors (Lipinski definition) is 3. The Labute approximate surface area is 104 Å². The SMILES string of the molecule is CCOC(=O)CCC(O)c1ccc(Cl)cc1F. The van der Waals surface area contributed by atoms with Crippen LogP contribution < -0.4 is 0 Å². The molecule has 1 aromatic carbocycles. The van der Waals surface area contributed by atoms with Gasteiger partial charge in [-0.2, -0.15) is 0 Å². The molecule has 1 unspecified atom stereocenters. The fourth-order valence-electron chi connectivity index (χ4n) is 1.41. The summed E-state index contributed by atoms with van der Waals surface area (Å²) >= 11 is 5.59. The Hall–Kier alpha value is -1.13. The summed E-state index contributed by atoms with van der Waals surface area (Å²) in [6.07, 6.45) is -0.856. The van der Waals surface area contributed by atoms with E-state index in [9.17, 15) is 14.3 Å². The van der Waals surface area contributed by atoms with E-state index in [-0.39, 0.29) is 23.4 Å². The number of ether oxygens (including phenoxy) is 1. The van der Waals surface area contributed by atoms with Crippen molar-refractivity contribution in [2.45, 2.75) is 25.9 Å². The highest BCUT2D eigenvalue weighted by Crippen LogP contribution is 2.24. The van der Waals surface area contributed by atoms with Crippen LogP contribution in [0.2, 0.25) is 5.02 Å². The standard InChI is InChI=1S/C12H14ClFO3/c1-2-17-12(16)6-5-11(15)9-4-3-8(13)7-10(9)14/h3-4,7,11,15H,2,5-6H2,1H3. The molecule has 0 aliphatic carbocycles. The third-order valence-electron chi connectivity index (χ3n) is 2.25.